The lowest BCUT2D eigenvalue weighted by atomic mass is 9.91. The molecule has 0 aliphatic rings. The monoisotopic (exact) mass is 322 g/mol. The second-order valence-corrected chi connectivity index (χ2v) is 5.54. The lowest BCUT2D eigenvalue weighted by molar-refractivity contribution is -0.388. The van der Waals surface area contributed by atoms with Crippen molar-refractivity contribution in [3.63, 3.8) is 0 Å². The number of nitrogens with one attached hydrogen (secondary N) is 1. The normalized spacial score (nSPS) is 10.8. The van der Waals surface area contributed by atoms with Crippen LogP contribution in [0.3, 0.4) is 0 Å². The van der Waals surface area contributed by atoms with Gasteiger partial charge in [-0.15, -0.1) is 0 Å². The van der Waals surface area contributed by atoms with Gasteiger partial charge in [0.15, 0.2) is 0 Å². The van der Waals surface area contributed by atoms with E-state index in [1.54, 1.807) is 11.6 Å². The van der Waals surface area contributed by atoms with E-state index in [4.69, 9.17) is 0 Å². The molecule has 0 radical (unpaired) electrons. The van der Waals surface area contributed by atoms with Gasteiger partial charge in [0.1, 0.15) is 0 Å². The van der Waals surface area contributed by atoms with Gasteiger partial charge in [-0.05, 0) is 21.0 Å². The molecule has 0 unspecified atom stereocenters. The van der Waals surface area contributed by atoms with E-state index in [-0.39, 0.29) is 11.7 Å². The number of nitrogens with zero attached hydrogens (tertiary/aromatic N) is 3. The van der Waals surface area contributed by atoms with E-state index in [0.717, 1.165) is 11.1 Å². The second kappa shape index (κ2) is 6.95. The molecule has 6 nitrogen and oxygen atoms in total. The summed E-state index contributed by atoms with van der Waals surface area (Å²) < 4.78 is 1.63. The summed E-state index contributed by atoms with van der Waals surface area (Å²) in [5.41, 5.74) is 2.31. The number of hydrogen-bond donors (Lipinski definition) is 1. The molecule has 6 heteroatoms. The summed E-state index contributed by atoms with van der Waals surface area (Å²) in [4.78, 5) is 14.5. The van der Waals surface area contributed by atoms with Crippen molar-refractivity contribution in [2.45, 2.75) is 5.92 Å². The number of nitro groups is 1. The fourth-order valence-electron chi connectivity index (χ4n) is 2.75. The predicted octanol–water partition coefficient (Wildman–Crippen LogP) is 3.57. The van der Waals surface area contributed by atoms with Gasteiger partial charge in [-0.1, -0.05) is 60.7 Å². The Labute approximate surface area is 139 Å². The molecular weight excluding hydrogens is 304 g/mol. The molecule has 24 heavy (non-hydrogen) atoms. The third-order valence-electron chi connectivity index (χ3n) is 3.97. The number of benzene rings is 2. The molecule has 0 fully saturated rings. The lowest BCUT2D eigenvalue weighted by Gasteiger charge is -2.19. The Morgan fingerprint density at radius 1 is 1.08 bits per heavy atom. The number of aryl methyl sites for hydroxylation is 1. The first-order valence-corrected chi connectivity index (χ1v) is 7.66. The maximum Gasteiger partial charge on any atom is 0.406 e. The van der Waals surface area contributed by atoms with Crippen LogP contribution in [0.2, 0.25) is 0 Å². The van der Waals surface area contributed by atoms with Crippen LogP contribution in [-0.2, 0) is 7.05 Å². The molecule has 1 aromatic heterocycles. The van der Waals surface area contributed by atoms with Crippen LogP contribution >= 0.6 is 0 Å². The number of rotatable bonds is 6. The maximum absolute atomic E-state index is 11.1. The summed E-state index contributed by atoms with van der Waals surface area (Å²) in [5.74, 6) is 0.344. The van der Waals surface area contributed by atoms with Crippen LogP contribution in [0.5, 0.6) is 0 Å². The summed E-state index contributed by atoms with van der Waals surface area (Å²) in [5, 5.41) is 14.3. The average Bonchev–Trinajstić information content (AvgIpc) is 2.98. The van der Waals surface area contributed by atoms with Gasteiger partial charge >= 0.3 is 5.82 Å². The Balaban J connectivity index is 1.89. The molecule has 0 atom stereocenters. The quantitative estimate of drug-likeness (QED) is 0.556. The van der Waals surface area contributed by atoms with E-state index >= 15 is 0 Å². The standard InChI is InChI=1S/C18H18N4O2/c1-21-13-20-18(22(23)24)17(21)19-12-16(14-8-4-2-5-9-14)15-10-6-3-7-11-15/h2-11,13,16,19H,12H2,1H3. The third kappa shape index (κ3) is 3.27. The Morgan fingerprint density at radius 3 is 2.12 bits per heavy atom. The first-order chi connectivity index (χ1) is 11.7. The van der Waals surface area contributed by atoms with Crippen molar-refractivity contribution in [2.24, 2.45) is 7.05 Å². The summed E-state index contributed by atoms with van der Waals surface area (Å²) in [6, 6.07) is 20.2. The van der Waals surface area contributed by atoms with Crippen molar-refractivity contribution in [3.8, 4) is 0 Å². The summed E-state index contributed by atoms with van der Waals surface area (Å²) >= 11 is 0. The van der Waals surface area contributed by atoms with Crippen LogP contribution in [-0.4, -0.2) is 21.0 Å². The second-order valence-electron chi connectivity index (χ2n) is 5.54. The molecule has 0 bridgehead atoms. The SMILES string of the molecule is Cn1cnc([N+](=O)[O-])c1NCC(c1ccccc1)c1ccccc1. The van der Waals surface area contributed by atoms with Gasteiger partial charge in [0.2, 0.25) is 12.1 Å². The first kappa shape index (κ1) is 15.7. The summed E-state index contributed by atoms with van der Waals surface area (Å²) in [6.45, 7) is 0.536. The van der Waals surface area contributed by atoms with Crippen LogP contribution in [0.25, 0.3) is 0 Å². The molecule has 0 spiro atoms. The summed E-state index contributed by atoms with van der Waals surface area (Å²) in [7, 11) is 1.74. The van der Waals surface area contributed by atoms with Crippen molar-refractivity contribution in [1.82, 2.24) is 9.55 Å². The molecule has 0 aliphatic carbocycles. The van der Waals surface area contributed by atoms with Gasteiger partial charge in [-0.25, -0.2) is 0 Å². The minimum absolute atomic E-state index is 0.0851. The molecule has 1 heterocycles. The van der Waals surface area contributed by atoms with E-state index < -0.39 is 4.92 Å². The molecule has 122 valence electrons. The van der Waals surface area contributed by atoms with Crippen molar-refractivity contribution >= 4 is 11.6 Å². The fraction of sp³-hybridized carbons (Fsp3) is 0.167. The fourth-order valence-corrected chi connectivity index (χ4v) is 2.75. The highest BCUT2D eigenvalue weighted by Crippen LogP contribution is 2.27. The number of hydrogen-bond acceptors (Lipinski definition) is 4. The van der Waals surface area contributed by atoms with Gasteiger partial charge < -0.3 is 15.4 Å². The Hall–Kier alpha value is -3.15. The number of anilines is 1. The molecule has 0 saturated heterocycles. The molecule has 0 aliphatic heterocycles. The van der Waals surface area contributed by atoms with E-state index in [1.807, 2.05) is 36.4 Å². The van der Waals surface area contributed by atoms with Crippen molar-refractivity contribution in [1.29, 1.82) is 0 Å². The van der Waals surface area contributed by atoms with Gasteiger partial charge in [-0.2, -0.15) is 0 Å². The maximum atomic E-state index is 11.1. The van der Waals surface area contributed by atoms with Crippen LogP contribution in [0.4, 0.5) is 11.6 Å². The Morgan fingerprint density at radius 2 is 1.62 bits per heavy atom. The molecule has 0 amide bonds. The number of aromatic nitrogens is 2. The molecule has 3 aromatic rings. The molecular formula is C18H18N4O2. The molecule has 2 aromatic carbocycles. The van der Waals surface area contributed by atoms with Gasteiger partial charge in [0.05, 0.1) is 0 Å². The largest absolute Gasteiger partial charge is 0.406 e. The van der Waals surface area contributed by atoms with Crippen LogP contribution in [0, 0.1) is 10.1 Å². The zero-order valence-electron chi connectivity index (χ0n) is 13.3. The van der Waals surface area contributed by atoms with Crippen LogP contribution in [0.1, 0.15) is 17.0 Å². The van der Waals surface area contributed by atoms with Crippen LogP contribution < -0.4 is 5.32 Å². The van der Waals surface area contributed by atoms with E-state index in [9.17, 15) is 10.1 Å². The zero-order chi connectivity index (χ0) is 16.9. The van der Waals surface area contributed by atoms with E-state index in [1.165, 1.54) is 6.33 Å². The van der Waals surface area contributed by atoms with Gasteiger partial charge in [0, 0.05) is 19.5 Å². The number of imidazole rings is 1. The lowest BCUT2D eigenvalue weighted by Crippen LogP contribution is -2.16. The highest BCUT2D eigenvalue weighted by Gasteiger charge is 2.22. The molecule has 0 saturated carbocycles. The minimum atomic E-state index is -0.470. The predicted molar refractivity (Wildman–Crippen MR) is 93.1 cm³/mol. The Bertz CT molecular complexity index is 776. The zero-order valence-corrected chi connectivity index (χ0v) is 13.3. The van der Waals surface area contributed by atoms with Crippen molar-refractivity contribution in [3.05, 3.63) is 88.2 Å². The van der Waals surface area contributed by atoms with Crippen molar-refractivity contribution in [2.75, 3.05) is 11.9 Å². The third-order valence-corrected chi connectivity index (χ3v) is 3.97. The first-order valence-electron chi connectivity index (χ1n) is 7.66. The smallest absolute Gasteiger partial charge is 0.363 e. The molecule has 3 rings (SSSR count). The van der Waals surface area contributed by atoms with E-state index in [0.29, 0.717) is 12.4 Å². The minimum Gasteiger partial charge on any atom is -0.363 e. The van der Waals surface area contributed by atoms with Gasteiger partial charge in [0.25, 0.3) is 0 Å². The van der Waals surface area contributed by atoms with Gasteiger partial charge in [-0.3, -0.25) is 4.57 Å². The Kier molecular flexibility index (Phi) is 4.56. The average molecular weight is 322 g/mol. The topological polar surface area (TPSA) is 73.0 Å². The highest BCUT2D eigenvalue weighted by atomic mass is 16.6. The van der Waals surface area contributed by atoms with E-state index in [2.05, 4.69) is 34.6 Å². The molecule has 1 N–H and O–H groups in total. The highest BCUT2D eigenvalue weighted by molar-refractivity contribution is 5.52. The van der Waals surface area contributed by atoms with Crippen LogP contribution in [0.15, 0.2) is 67.0 Å². The van der Waals surface area contributed by atoms with Crippen molar-refractivity contribution < 1.29 is 4.92 Å². The summed E-state index contributed by atoms with van der Waals surface area (Å²) in [6.07, 6.45) is 1.44.